The number of aromatic nitrogens is 2. The topological polar surface area (TPSA) is 67.3 Å². The summed E-state index contributed by atoms with van der Waals surface area (Å²) in [6.45, 7) is 4.19. The minimum absolute atomic E-state index is 0.306. The van der Waals surface area contributed by atoms with E-state index in [4.69, 9.17) is 4.74 Å². The van der Waals surface area contributed by atoms with Gasteiger partial charge < -0.3 is 15.0 Å². The fraction of sp³-hybridized carbons (Fsp3) is 0.421. The highest BCUT2D eigenvalue weighted by atomic mass is 16.5. The Bertz CT molecular complexity index is 695. The molecule has 0 bridgehead atoms. The van der Waals surface area contributed by atoms with Gasteiger partial charge in [-0.05, 0) is 50.1 Å². The molecule has 0 spiro atoms. The molecule has 0 atom stereocenters. The van der Waals surface area contributed by atoms with Crippen LogP contribution in [0.25, 0.3) is 0 Å². The summed E-state index contributed by atoms with van der Waals surface area (Å²) in [5.74, 6) is 1.22. The van der Waals surface area contributed by atoms with E-state index in [2.05, 4.69) is 20.2 Å². The molecule has 6 heteroatoms. The van der Waals surface area contributed by atoms with Gasteiger partial charge in [-0.25, -0.2) is 9.78 Å². The molecule has 0 saturated carbocycles. The van der Waals surface area contributed by atoms with Crippen LogP contribution in [0.1, 0.15) is 43.0 Å². The van der Waals surface area contributed by atoms with Crippen LogP contribution in [-0.2, 0) is 4.74 Å². The van der Waals surface area contributed by atoms with Crippen molar-refractivity contribution in [2.24, 2.45) is 0 Å². The molecule has 25 heavy (non-hydrogen) atoms. The molecule has 1 aliphatic heterocycles. The Morgan fingerprint density at radius 2 is 1.84 bits per heavy atom. The zero-order valence-corrected chi connectivity index (χ0v) is 14.6. The van der Waals surface area contributed by atoms with Crippen LogP contribution in [0.3, 0.4) is 0 Å². The predicted molar refractivity (Wildman–Crippen MR) is 98.4 cm³/mol. The maximum atomic E-state index is 11.7. The van der Waals surface area contributed by atoms with Gasteiger partial charge in [0.05, 0.1) is 12.2 Å². The van der Waals surface area contributed by atoms with Crippen LogP contribution in [0, 0.1) is 0 Å². The molecule has 1 N–H and O–H groups in total. The quantitative estimate of drug-likeness (QED) is 0.836. The first-order valence-electron chi connectivity index (χ1n) is 8.88. The molecule has 0 amide bonds. The lowest BCUT2D eigenvalue weighted by Gasteiger charge is -2.20. The Balaban J connectivity index is 1.68. The molecule has 6 nitrogen and oxygen atoms in total. The zero-order chi connectivity index (χ0) is 17.5. The number of carbonyl (C=O) groups excluding carboxylic acids is 1. The Kier molecular flexibility index (Phi) is 5.82. The van der Waals surface area contributed by atoms with Gasteiger partial charge in [-0.2, -0.15) is 4.98 Å². The summed E-state index contributed by atoms with van der Waals surface area (Å²) >= 11 is 0. The second-order valence-corrected chi connectivity index (χ2v) is 6.07. The van der Waals surface area contributed by atoms with Gasteiger partial charge in [0.1, 0.15) is 5.82 Å². The number of rotatable bonds is 5. The van der Waals surface area contributed by atoms with Crippen LogP contribution < -0.4 is 10.2 Å². The van der Waals surface area contributed by atoms with Crippen LogP contribution in [0.2, 0.25) is 0 Å². The second kappa shape index (κ2) is 8.46. The number of anilines is 3. The van der Waals surface area contributed by atoms with Gasteiger partial charge in [0.15, 0.2) is 0 Å². The van der Waals surface area contributed by atoms with Gasteiger partial charge in [0.2, 0.25) is 5.95 Å². The number of hydrogen-bond acceptors (Lipinski definition) is 6. The van der Waals surface area contributed by atoms with Crippen molar-refractivity contribution in [2.75, 3.05) is 29.9 Å². The van der Waals surface area contributed by atoms with E-state index >= 15 is 0 Å². The van der Waals surface area contributed by atoms with Crippen molar-refractivity contribution in [1.82, 2.24) is 9.97 Å². The van der Waals surface area contributed by atoms with Crippen molar-refractivity contribution in [3.63, 3.8) is 0 Å². The van der Waals surface area contributed by atoms with Crippen LogP contribution in [0.4, 0.5) is 17.5 Å². The number of hydrogen-bond donors (Lipinski definition) is 1. The highest BCUT2D eigenvalue weighted by Gasteiger charge is 2.13. The normalized spacial score (nSPS) is 14.7. The molecule has 1 fully saturated rings. The SMILES string of the molecule is CCOC(=O)c1ccc(Nc2ccnc(N3CCCCCC3)n2)cc1. The second-order valence-electron chi connectivity index (χ2n) is 6.07. The fourth-order valence-electron chi connectivity index (χ4n) is 2.89. The predicted octanol–water partition coefficient (Wildman–Crippen LogP) is 3.78. The third-order valence-electron chi connectivity index (χ3n) is 4.20. The lowest BCUT2D eigenvalue weighted by atomic mass is 10.2. The molecule has 1 aromatic heterocycles. The smallest absolute Gasteiger partial charge is 0.338 e. The van der Waals surface area contributed by atoms with Crippen LogP contribution in [0.15, 0.2) is 36.5 Å². The fourth-order valence-corrected chi connectivity index (χ4v) is 2.89. The average Bonchev–Trinajstić information content (AvgIpc) is 2.92. The minimum atomic E-state index is -0.306. The Morgan fingerprint density at radius 1 is 1.12 bits per heavy atom. The summed E-state index contributed by atoms with van der Waals surface area (Å²) in [4.78, 5) is 23.0. The van der Waals surface area contributed by atoms with Crippen molar-refractivity contribution in [3.05, 3.63) is 42.1 Å². The zero-order valence-electron chi connectivity index (χ0n) is 14.6. The molecular formula is C19H24N4O2. The Morgan fingerprint density at radius 3 is 2.52 bits per heavy atom. The van der Waals surface area contributed by atoms with Gasteiger partial charge in [-0.1, -0.05) is 12.8 Å². The van der Waals surface area contributed by atoms with Crippen molar-refractivity contribution in [1.29, 1.82) is 0 Å². The highest BCUT2D eigenvalue weighted by Crippen LogP contribution is 2.20. The van der Waals surface area contributed by atoms with Crippen LogP contribution in [-0.4, -0.2) is 35.6 Å². The largest absolute Gasteiger partial charge is 0.462 e. The van der Waals surface area contributed by atoms with E-state index in [1.165, 1.54) is 25.7 Å². The number of nitrogens with one attached hydrogen (secondary N) is 1. The average molecular weight is 340 g/mol. The summed E-state index contributed by atoms with van der Waals surface area (Å²) in [5.41, 5.74) is 1.41. The number of ether oxygens (including phenoxy) is 1. The van der Waals surface area contributed by atoms with Crippen LogP contribution >= 0.6 is 0 Å². The van der Waals surface area contributed by atoms with E-state index in [-0.39, 0.29) is 5.97 Å². The lowest BCUT2D eigenvalue weighted by Crippen LogP contribution is -2.26. The number of esters is 1. The number of nitrogens with zero attached hydrogens (tertiary/aromatic N) is 3. The molecule has 1 aliphatic rings. The molecule has 3 rings (SSSR count). The molecule has 1 saturated heterocycles. The van der Waals surface area contributed by atoms with E-state index < -0.39 is 0 Å². The summed E-state index contributed by atoms with van der Waals surface area (Å²) in [6, 6.07) is 9.04. The van der Waals surface area contributed by atoms with Gasteiger partial charge in [-0.3, -0.25) is 0 Å². The third-order valence-corrected chi connectivity index (χ3v) is 4.20. The Hall–Kier alpha value is -2.63. The summed E-state index contributed by atoms with van der Waals surface area (Å²) in [5, 5.41) is 3.27. The van der Waals surface area contributed by atoms with E-state index in [0.29, 0.717) is 12.2 Å². The molecule has 1 aromatic carbocycles. The van der Waals surface area contributed by atoms with Gasteiger partial charge in [0, 0.05) is 25.0 Å². The van der Waals surface area contributed by atoms with Crippen molar-refractivity contribution < 1.29 is 9.53 Å². The van der Waals surface area contributed by atoms with Gasteiger partial charge in [-0.15, -0.1) is 0 Å². The molecule has 2 heterocycles. The van der Waals surface area contributed by atoms with Crippen molar-refractivity contribution in [2.45, 2.75) is 32.6 Å². The number of carbonyl (C=O) groups is 1. The number of benzene rings is 1. The van der Waals surface area contributed by atoms with Gasteiger partial charge in [0.25, 0.3) is 0 Å². The van der Waals surface area contributed by atoms with Crippen molar-refractivity contribution >= 4 is 23.4 Å². The monoisotopic (exact) mass is 340 g/mol. The van der Waals surface area contributed by atoms with E-state index in [1.807, 2.05) is 18.2 Å². The standard InChI is InChI=1S/C19H24N4O2/c1-2-25-18(24)15-7-9-16(10-8-15)21-17-11-12-20-19(22-17)23-13-5-3-4-6-14-23/h7-12H,2-6,13-14H2,1H3,(H,20,21,22). The first-order chi connectivity index (χ1) is 12.3. The minimum Gasteiger partial charge on any atom is -0.462 e. The maximum Gasteiger partial charge on any atom is 0.338 e. The van der Waals surface area contributed by atoms with Crippen LogP contribution in [0.5, 0.6) is 0 Å². The first-order valence-corrected chi connectivity index (χ1v) is 8.88. The van der Waals surface area contributed by atoms with Crippen molar-refractivity contribution in [3.8, 4) is 0 Å². The molecule has 132 valence electrons. The summed E-state index contributed by atoms with van der Waals surface area (Å²) in [7, 11) is 0. The first kappa shape index (κ1) is 17.2. The molecular weight excluding hydrogens is 316 g/mol. The lowest BCUT2D eigenvalue weighted by molar-refractivity contribution is 0.0526. The van der Waals surface area contributed by atoms with E-state index in [0.717, 1.165) is 30.5 Å². The summed E-state index contributed by atoms with van der Waals surface area (Å²) < 4.78 is 4.99. The van der Waals surface area contributed by atoms with Gasteiger partial charge >= 0.3 is 5.97 Å². The van der Waals surface area contributed by atoms with E-state index in [1.54, 1.807) is 25.3 Å². The molecule has 0 radical (unpaired) electrons. The molecule has 0 aliphatic carbocycles. The third kappa shape index (κ3) is 4.68. The summed E-state index contributed by atoms with van der Waals surface area (Å²) in [6.07, 6.45) is 6.72. The highest BCUT2D eigenvalue weighted by molar-refractivity contribution is 5.89. The van der Waals surface area contributed by atoms with E-state index in [9.17, 15) is 4.79 Å². The molecule has 0 unspecified atom stereocenters. The molecule has 2 aromatic rings. The maximum absolute atomic E-state index is 11.7. The Labute approximate surface area is 148 Å².